The zero-order chi connectivity index (χ0) is 29.0. The number of ether oxygens (including phenoxy) is 3. The maximum atomic E-state index is 13.8. The fourth-order valence-electron chi connectivity index (χ4n) is 3.65. The molecule has 0 unspecified atom stereocenters. The lowest BCUT2D eigenvalue weighted by molar-refractivity contribution is -0.0496. The number of benzene rings is 3. The van der Waals surface area contributed by atoms with Crippen LogP contribution >= 0.6 is 10.3 Å². The topological polar surface area (TPSA) is 71.1 Å². The first-order chi connectivity index (χ1) is 18.1. The Kier molecular flexibility index (Phi) is 9.51. The van der Waals surface area contributed by atoms with Crippen LogP contribution in [0.3, 0.4) is 0 Å². The molecule has 3 aromatic carbocycles. The van der Waals surface area contributed by atoms with Gasteiger partial charge in [0.05, 0.1) is 18.3 Å². The molecule has 0 saturated carbocycles. The number of halogens is 3. The van der Waals surface area contributed by atoms with Crippen molar-refractivity contribution in [1.29, 1.82) is 0 Å². The maximum absolute atomic E-state index is 13.8. The average Bonchev–Trinajstić information content (AvgIpc) is 2.82. The summed E-state index contributed by atoms with van der Waals surface area (Å²) in [5.74, 6) is 1.42. The molecule has 0 spiro atoms. The summed E-state index contributed by atoms with van der Waals surface area (Å²) >= 11 is 0. The molecule has 0 amide bonds. The molecule has 6 nitrogen and oxygen atoms in total. The van der Waals surface area contributed by atoms with Crippen molar-refractivity contribution in [1.82, 2.24) is 0 Å². The van der Waals surface area contributed by atoms with Crippen LogP contribution < -0.4 is 14.2 Å². The Balaban J connectivity index is 2.31. The van der Waals surface area contributed by atoms with Gasteiger partial charge in [-0.3, -0.25) is 0 Å². The number of hydrogen-bond acceptors (Lipinski definition) is 6. The van der Waals surface area contributed by atoms with E-state index in [1.807, 2.05) is 41.5 Å². The van der Waals surface area contributed by atoms with E-state index in [-0.39, 0.29) is 33.0 Å². The van der Waals surface area contributed by atoms with Crippen molar-refractivity contribution in [3.8, 4) is 17.2 Å². The molecule has 0 aromatic heterocycles. The van der Waals surface area contributed by atoms with Crippen LogP contribution in [0.2, 0.25) is 0 Å². The van der Waals surface area contributed by atoms with E-state index >= 15 is 0 Å². The molecule has 39 heavy (non-hydrogen) atoms. The third-order valence-electron chi connectivity index (χ3n) is 5.06. The molecule has 0 saturated heterocycles. The second-order valence-electron chi connectivity index (χ2n) is 9.44. The molecule has 0 aliphatic carbocycles. The zero-order valence-electron chi connectivity index (χ0n) is 22.6. The summed E-state index contributed by atoms with van der Waals surface area (Å²) < 4.78 is 89.0. The van der Waals surface area contributed by atoms with Crippen molar-refractivity contribution in [2.24, 2.45) is 0 Å². The summed E-state index contributed by atoms with van der Waals surface area (Å²) in [4.78, 5) is 0.671. The minimum Gasteiger partial charge on any atom is -0.491 e. The molecule has 3 aromatic rings. The highest BCUT2D eigenvalue weighted by Gasteiger charge is 2.52. The number of hydrogen-bond donors (Lipinski definition) is 0. The highest BCUT2D eigenvalue weighted by Crippen LogP contribution is 2.71. The van der Waals surface area contributed by atoms with Gasteiger partial charge in [0.25, 0.3) is 0 Å². The summed E-state index contributed by atoms with van der Waals surface area (Å²) in [6.45, 7) is 11.0. The van der Waals surface area contributed by atoms with E-state index in [1.165, 1.54) is 36.4 Å². The van der Waals surface area contributed by atoms with Gasteiger partial charge in [0.1, 0.15) is 17.2 Å². The van der Waals surface area contributed by atoms with Crippen LogP contribution in [0.4, 0.5) is 13.2 Å². The Bertz CT molecular complexity index is 1190. The van der Waals surface area contributed by atoms with Crippen LogP contribution in [0.25, 0.3) is 0 Å². The van der Waals surface area contributed by atoms with Crippen LogP contribution in [0.15, 0.2) is 87.5 Å². The SMILES string of the molecule is CC(C)Oc1ccc(S(OS(=O)(=O)C(F)(F)F)(c2ccc(OC(C)C)cc2)c2ccc(OC(C)C)cc2)cc1. The molecule has 0 N–H and O–H groups in total. The number of alkyl halides is 3. The minimum absolute atomic E-state index is 0.142. The Morgan fingerprint density at radius 2 is 0.795 bits per heavy atom. The van der Waals surface area contributed by atoms with Crippen LogP contribution in [-0.2, 0) is 13.7 Å². The molecule has 11 heteroatoms. The minimum atomic E-state index is -6.04. The van der Waals surface area contributed by atoms with Gasteiger partial charge in [-0.2, -0.15) is 25.2 Å². The van der Waals surface area contributed by atoms with E-state index in [0.29, 0.717) is 17.2 Å². The van der Waals surface area contributed by atoms with E-state index in [4.69, 9.17) is 17.8 Å². The second-order valence-corrected chi connectivity index (χ2v) is 13.9. The van der Waals surface area contributed by atoms with Crippen LogP contribution in [0.5, 0.6) is 17.2 Å². The van der Waals surface area contributed by atoms with Gasteiger partial charge in [-0.25, -0.2) is 0 Å². The van der Waals surface area contributed by atoms with Crippen molar-refractivity contribution in [3.05, 3.63) is 72.8 Å². The summed E-state index contributed by atoms with van der Waals surface area (Å²) in [7, 11) is -9.53. The number of rotatable bonds is 11. The van der Waals surface area contributed by atoms with E-state index < -0.39 is 25.9 Å². The van der Waals surface area contributed by atoms with Gasteiger partial charge >= 0.3 is 15.6 Å². The summed E-state index contributed by atoms with van der Waals surface area (Å²) in [6, 6.07) is 18.6. The third-order valence-corrected chi connectivity index (χ3v) is 9.97. The molecule has 0 atom stereocenters. The van der Waals surface area contributed by atoms with E-state index in [1.54, 1.807) is 36.4 Å². The summed E-state index contributed by atoms with van der Waals surface area (Å²) in [5, 5.41) is 0. The highest BCUT2D eigenvalue weighted by molar-refractivity contribution is 8.33. The molecule has 214 valence electrons. The Morgan fingerprint density at radius 1 is 0.538 bits per heavy atom. The van der Waals surface area contributed by atoms with E-state index in [2.05, 4.69) is 0 Å². The van der Waals surface area contributed by atoms with Gasteiger partial charge in [0.15, 0.2) is 0 Å². The molecule has 0 fully saturated rings. The Hall–Kier alpha value is -2.89. The Morgan fingerprint density at radius 3 is 1.00 bits per heavy atom. The second kappa shape index (κ2) is 12.1. The predicted molar refractivity (Wildman–Crippen MR) is 145 cm³/mol. The maximum Gasteiger partial charge on any atom is 0.524 e. The zero-order valence-corrected chi connectivity index (χ0v) is 24.2. The van der Waals surface area contributed by atoms with Crippen LogP contribution in [0, 0.1) is 0 Å². The van der Waals surface area contributed by atoms with Crippen molar-refractivity contribution >= 4 is 20.4 Å². The summed E-state index contributed by atoms with van der Waals surface area (Å²) in [6.07, 6.45) is -0.426. The third kappa shape index (κ3) is 7.40. The van der Waals surface area contributed by atoms with Crippen LogP contribution in [-0.4, -0.2) is 32.2 Å². The quantitative estimate of drug-likeness (QED) is 0.211. The molecular formula is C28H33F3O6S2. The fourth-order valence-corrected chi connectivity index (χ4v) is 8.35. The predicted octanol–water partition coefficient (Wildman–Crippen LogP) is 8.11. The lowest BCUT2D eigenvalue weighted by Gasteiger charge is -2.39. The Labute approximate surface area is 229 Å². The van der Waals surface area contributed by atoms with Crippen molar-refractivity contribution < 1.29 is 39.4 Å². The smallest absolute Gasteiger partial charge is 0.491 e. The lowest BCUT2D eigenvalue weighted by atomic mass is 10.3. The fraction of sp³-hybridized carbons (Fsp3) is 0.357. The molecular weight excluding hydrogens is 553 g/mol. The molecule has 0 heterocycles. The van der Waals surface area contributed by atoms with Crippen LogP contribution in [0.1, 0.15) is 41.5 Å². The van der Waals surface area contributed by atoms with Gasteiger partial charge in [-0.1, -0.05) is 0 Å². The molecule has 0 aliphatic heterocycles. The van der Waals surface area contributed by atoms with Gasteiger partial charge < -0.3 is 14.2 Å². The first-order valence-corrected chi connectivity index (χ1v) is 15.3. The first-order valence-electron chi connectivity index (χ1n) is 12.3. The van der Waals surface area contributed by atoms with E-state index in [0.717, 1.165) is 0 Å². The van der Waals surface area contributed by atoms with E-state index in [9.17, 15) is 21.6 Å². The molecule has 0 bridgehead atoms. The van der Waals surface area contributed by atoms with Crippen molar-refractivity contribution in [3.63, 3.8) is 0 Å². The lowest BCUT2D eigenvalue weighted by Crippen LogP contribution is -2.27. The van der Waals surface area contributed by atoms with Gasteiger partial charge in [0, 0.05) is 14.7 Å². The largest absolute Gasteiger partial charge is 0.524 e. The molecule has 0 radical (unpaired) electrons. The molecule has 3 rings (SSSR count). The average molecular weight is 587 g/mol. The standard InChI is InChI=1S/C28H33F3O6S2/c1-19(2)34-22-7-13-25(14-8-22)38(37-39(32,33)28(29,30)31,26-15-9-23(10-16-26)35-20(3)4)27-17-11-24(12-18-27)36-21(5)6/h7-21H,1-6H3. The van der Waals surface area contributed by atoms with Gasteiger partial charge in [0.2, 0.25) is 0 Å². The first kappa shape index (κ1) is 30.6. The normalized spacial score (nSPS) is 13.1. The van der Waals surface area contributed by atoms with Crippen molar-refractivity contribution in [2.45, 2.75) is 80.0 Å². The van der Waals surface area contributed by atoms with Crippen molar-refractivity contribution in [2.75, 3.05) is 0 Å². The van der Waals surface area contributed by atoms with Gasteiger partial charge in [-0.05, 0) is 125 Å². The molecule has 0 aliphatic rings. The highest BCUT2D eigenvalue weighted by atomic mass is 32.3. The van der Waals surface area contributed by atoms with Gasteiger partial charge in [-0.15, -0.1) is 0 Å². The summed E-state index contributed by atoms with van der Waals surface area (Å²) in [5.41, 5.74) is -5.65. The monoisotopic (exact) mass is 586 g/mol.